The first-order chi connectivity index (χ1) is 8.36. The fraction of sp³-hybridized carbons (Fsp3) is 0.308. The Morgan fingerprint density at radius 2 is 2.11 bits per heavy atom. The fourth-order valence-corrected chi connectivity index (χ4v) is 1.30. The minimum Gasteiger partial charge on any atom is -0.448 e. The van der Waals surface area contributed by atoms with Crippen LogP contribution in [0.5, 0.6) is 0 Å². The van der Waals surface area contributed by atoms with Crippen molar-refractivity contribution in [3.63, 3.8) is 0 Å². The van der Waals surface area contributed by atoms with Gasteiger partial charge in [0.2, 0.25) is 0 Å². The molecule has 5 heteroatoms. The van der Waals surface area contributed by atoms with Gasteiger partial charge in [0.15, 0.2) is 11.4 Å². The molecule has 18 heavy (non-hydrogen) atoms. The van der Waals surface area contributed by atoms with Crippen LogP contribution in [-0.2, 0) is 9.53 Å². The molecule has 0 unspecified atom stereocenters. The predicted octanol–water partition coefficient (Wildman–Crippen LogP) is 1.69. The van der Waals surface area contributed by atoms with Crippen LogP contribution < -0.4 is 5.73 Å². The molecule has 0 saturated carbocycles. The van der Waals surface area contributed by atoms with Gasteiger partial charge in [-0.05, 0) is 32.0 Å². The summed E-state index contributed by atoms with van der Waals surface area (Å²) in [6, 6.07) is 8.01. The van der Waals surface area contributed by atoms with Crippen LogP contribution in [0.4, 0.5) is 5.69 Å². The van der Waals surface area contributed by atoms with Crippen molar-refractivity contribution in [2.75, 3.05) is 5.73 Å². The van der Waals surface area contributed by atoms with Gasteiger partial charge in [-0.2, -0.15) is 5.26 Å². The predicted molar refractivity (Wildman–Crippen MR) is 65.6 cm³/mol. The summed E-state index contributed by atoms with van der Waals surface area (Å²) in [7, 11) is 0. The number of hydrogen-bond donors (Lipinski definition) is 1. The zero-order valence-corrected chi connectivity index (χ0v) is 10.3. The van der Waals surface area contributed by atoms with Crippen molar-refractivity contribution in [1.82, 2.24) is 0 Å². The fourth-order valence-electron chi connectivity index (χ4n) is 1.30. The summed E-state index contributed by atoms with van der Waals surface area (Å²) in [4.78, 5) is 23.4. The lowest BCUT2D eigenvalue weighted by Gasteiger charge is -2.22. The standard InChI is InChI=1S/C13H14N2O3/c1-13(2,11(16)6-7-14)18-12(17)9-4-3-5-10(15)8-9/h3-5,8H,6,15H2,1-2H3. The second kappa shape index (κ2) is 5.32. The summed E-state index contributed by atoms with van der Waals surface area (Å²) >= 11 is 0. The first kappa shape index (κ1) is 13.7. The molecule has 0 spiro atoms. The van der Waals surface area contributed by atoms with E-state index in [0.29, 0.717) is 5.69 Å². The molecule has 0 bridgehead atoms. The van der Waals surface area contributed by atoms with Gasteiger partial charge in [0.1, 0.15) is 0 Å². The van der Waals surface area contributed by atoms with Crippen molar-refractivity contribution in [3.8, 4) is 6.07 Å². The molecule has 1 rings (SSSR count). The van der Waals surface area contributed by atoms with Crippen molar-refractivity contribution in [1.29, 1.82) is 5.26 Å². The maximum Gasteiger partial charge on any atom is 0.339 e. The highest BCUT2D eigenvalue weighted by molar-refractivity contribution is 5.95. The molecule has 1 aromatic rings. The number of rotatable bonds is 4. The summed E-state index contributed by atoms with van der Waals surface area (Å²) in [5.41, 5.74) is 4.93. The number of anilines is 1. The molecule has 0 saturated heterocycles. The molecule has 2 N–H and O–H groups in total. The number of ketones is 1. The Bertz CT molecular complexity index is 515. The van der Waals surface area contributed by atoms with Crippen LogP contribution >= 0.6 is 0 Å². The van der Waals surface area contributed by atoms with E-state index in [1.807, 2.05) is 0 Å². The van der Waals surface area contributed by atoms with Crippen molar-refractivity contribution < 1.29 is 14.3 Å². The number of nitrogen functional groups attached to an aromatic ring is 1. The zero-order valence-electron chi connectivity index (χ0n) is 10.3. The number of carbonyl (C=O) groups is 2. The van der Waals surface area contributed by atoms with Gasteiger partial charge < -0.3 is 10.5 Å². The Morgan fingerprint density at radius 1 is 1.44 bits per heavy atom. The van der Waals surface area contributed by atoms with E-state index in [1.165, 1.54) is 19.9 Å². The Kier molecular flexibility index (Phi) is 4.05. The molecule has 0 aliphatic heterocycles. The number of nitriles is 1. The van der Waals surface area contributed by atoms with Crippen LogP contribution in [0.25, 0.3) is 0 Å². The average Bonchev–Trinajstić information content (AvgIpc) is 2.28. The second-order valence-corrected chi connectivity index (χ2v) is 4.28. The Morgan fingerprint density at radius 3 is 2.67 bits per heavy atom. The highest BCUT2D eigenvalue weighted by Crippen LogP contribution is 2.17. The number of benzene rings is 1. The van der Waals surface area contributed by atoms with Crippen LogP contribution in [0.2, 0.25) is 0 Å². The number of hydrogen-bond acceptors (Lipinski definition) is 5. The smallest absolute Gasteiger partial charge is 0.339 e. The lowest BCUT2D eigenvalue weighted by atomic mass is 10.0. The zero-order chi connectivity index (χ0) is 13.8. The summed E-state index contributed by atoms with van der Waals surface area (Å²) in [5, 5.41) is 8.46. The van der Waals surface area contributed by atoms with Crippen LogP contribution in [0.3, 0.4) is 0 Å². The van der Waals surface area contributed by atoms with Crippen molar-refractivity contribution in [2.45, 2.75) is 25.9 Å². The molecule has 0 amide bonds. The van der Waals surface area contributed by atoms with E-state index in [9.17, 15) is 9.59 Å². The van der Waals surface area contributed by atoms with Gasteiger partial charge in [-0.3, -0.25) is 4.79 Å². The summed E-state index contributed by atoms with van der Waals surface area (Å²) in [6.45, 7) is 2.91. The van der Waals surface area contributed by atoms with E-state index in [-0.39, 0.29) is 12.0 Å². The van der Waals surface area contributed by atoms with E-state index in [2.05, 4.69) is 0 Å². The Balaban J connectivity index is 2.82. The van der Waals surface area contributed by atoms with Gasteiger partial charge in [-0.1, -0.05) is 6.07 Å². The van der Waals surface area contributed by atoms with E-state index in [0.717, 1.165) is 0 Å². The van der Waals surface area contributed by atoms with Gasteiger partial charge in [-0.25, -0.2) is 4.79 Å². The largest absolute Gasteiger partial charge is 0.448 e. The first-order valence-corrected chi connectivity index (χ1v) is 5.36. The first-order valence-electron chi connectivity index (χ1n) is 5.36. The van der Waals surface area contributed by atoms with Gasteiger partial charge in [0.25, 0.3) is 0 Å². The van der Waals surface area contributed by atoms with E-state index in [1.54, 1.807) is 24.3 Å². The molecule has 5 nitrogen and oxygen atoms in total. The number of Topliss-reactive ketones (excluding diaryl/α,β-unsaturated/α-hetero) is 1. The van der Waals surface area contributed by atoms with E-state index < -0.39 is 17.4 Å². The van der Waals surface area contributed by atoms with Crippen LogP contribution in [0.15, 0.2) is 24.3 Å². The summed E-state index contributed by atoms with van der Waals surface area (Å²) in [5.74, 6) is -1.08. The number of ether oxygens (including phenoxy) is 1. The lowest BCUT2D eigenvalue weighted by Crippen LogP contribution is -2.37. The highest BCUT2D eigenvalue weighted by atomic mass is 16.6. The highest BCUT2D eigenvalue weighted by Gasteiger charge is 2.31. The molecular formula is C13H14N2O3. The van der Waals surface area contributed by atoms with Gasteiger partial charge in [0.05, 0.1) is 18.1 Å². The SMILES string of the molecule is CC(C)(OC(=O)c1cccc(N)c1)C(=O)CC#N. The molecule has 0 heterocycles. The van der Waals surface area contributed by atoms with Gasteiger partial charge >= 0.3 is 5.97 Å². The third-order valence-corrected chi connectivity index (χ3v) is 2.38. The van der Waals surface area contributed by atoms with Gasteiger partial charge in [-0.15, -0.1) is 0 Å². The van der Waals surface area contributed by atoms with Crippen molar-refractivity contribution in [3.05, 3.63) is 29.8 Å². The third-order valence-electron chi connectivity index (χ3n) is 2.38. The van der Waals surface area contributed by atoms with Crippen LogP contribution in [-0.4, -0.2) is 17.4 Å². The molecule has 1 aromatic carbocycles. The molecule has 0 aliphatic rings. The number of nitrogens with two attached hydrogens (primary N) is 1. The van der Waals surface area contributed by atoms with Crippen molar-refractivity contribution >= 4 is 17.4 Å². The van der Waals surface area contributed by atoms with E-state index in [4.69, 9.17) is 15.7 Å². The number of esters is 1. The molecular weight excluding hydrogens is 232 g/mol. The molecule has 0 fully saturated rings. The van der Waals surface area contributed by atoms with Crippen LogP contribution in [0.1, 0.15) is 30.6 Å². The van der Waals surface area contributed by atoms with Crippen molar-refractivity contribution in [2.24, 2.45) is 0 Å². The molecule has 0 aliphatic carbocycles. The maximum atomic E-state index is 11.8. The molecule has 0 aromatic heterocycles. The van der Waals surface area contributed by atoms with Gasteiger partial charge in [0, 0.05) is 5.69 Å². The average molecular weight is 246 g/mol. The van der Waals surface area contributed by atoms with E-state index >= 15 is 0 Å². The third kappa shape index (κ3) is 3.32. The summed E-state index contributed by atoms with van der Waals surface area (Å²) in [6.07, 6.45) is -0.294. The molecule has 0 atom stereocenters. The monoisotopic (exact) mass is 246 g/mol. The molecule has 0 radical (unpaired) electrons. The minimum absolute atomic E-state index is 0.271. The Labute approximate surface area is 105 Å². The van der Waals surface area contributed by atoms with Crippen LogP contribution in [0, 0.1) is 11.3 Å². The normalized spacial score (nSPS) is 10.5. The maximum absolute atomic E-state index is 11.8. The molecule has 94 valence electrons. The Hall–Kier alpha value is -2.35. The lowest BCUT2D eigenvalue weighted by molar-refractivity contribution is -0.134. The topological polar surface area (TPSA) is 93.2 Å². The second-order valence-electron chi connectivity index (χ2n) is 4.28. The minimum atomic E-state index is -1.32. The summed E-state index contributed by atoms with van der Waals surface area (Å²) < 4.78 is 5.10. The number of nitrogens with zero attached hydrogens (tertiary/aromatic N) is 1. The number of carbonyl (C=O) groups excluding carboxylic acids is 2. The quantitative estimate of drug-likeness (QED) is 0.644.